The lowest BCUT2D eigenvalue weighted by molar-refractivity contribution is -0.114. The molecule has 0 bridgehead atoms. The highest BCUT2D eigenvalue weighted by Crippen LogP contribution is 2.14. The van der Waals surface area contributed by atoms with E-state index in [1.807, 2.05) is 0 Å². The van der Waals surface area contributed by atoms with Gasteiger partial charge in [-0.25, -0.2) is 0 Å². The molecule has 1 aromatic carbocycles. The molecule has 1 unspecified atom stereocenters. The van der Waals surface area contributed by atoms with Crippen molar-refractivity contribution in [1.82, 2.24) is 0 Å². The van der Waals surface area contributed by atoms with Crippen molar-refractivity contribution >= 4 is 12.6 Å². The van der Waals surface area contributed by atoms with Gasteiger partial charge in [-0.2, -0.15) is 0 Å². The van der Waals surface area contributed by atoms with Gasteiger partial charge in [-0.1, -0.05) is 13.3 Å². The Hall–Kier alpha value is -1.64. The van der Waals surface area contributed by atoms with Gasteiger partial charge in [0.1, 0.15) is 12.0 Å². The third-order valence-corrected chi connectivity index (χ3v) is 2.30. The summed E-state index contributed by atoms with van der Waals surface area (Å²) in [4.78, 5) is 21.2. The van der Waals surface area contributed by atoms with Crippen LogP contribution in [0, 0.1) is 0 Å². The van der Waals surface area contributed by atoms with Gasteiger partial charge in [-0.3, -0.25) is 9.59 Å². The second-order valence-electron chi connectivity index (χ2n) is 3.62. The van der Waals surface area contributed by atoms with Crippen LogP contribution in [0.5, 0.6) is 5.75 Å². The van der Waals surface area contributed by atoms with E-state index in [0.29, 0.717) is 11.3 Å². The molecule has 0 aliphatic rings. The second-order valence-corrected chi connectivity index (χ2v) is 3.62. The average Bonchev–Trinajstić information content (AvgIpc) is 2.35. The number of unbranched alkanes of at least 4 members (excludes halogenated alkanes) is 1. The number of hydrogen-bond donors (Lipinski definition) is 0. The van der Waals surface area contributed by atoms with E-state index in [0.717, 1.165) is 31.8 Å². The van der Waals surface area contributed by atoms with E-state index >= 15 is 0 Å². The molecule has 1 atom stereocenters. The highest BCUT2D eigenvalue weighted by Gasteiger charge is 2.07. The van der Waals surface area contributed by atoms with Gasteiger partial charge in [0.15, 0.2) is 12.4 Å². The molecule has 0 fully saturated rings. The fourth-order valence-electron chi connectivity index (χ4n) is 1.36. The van der Waals surface area contributed by atoms with Gasteiger partial charge in [-0.15, -0.1) is 0 Å². The largest absolute Gasteiger partial charge is 0.483 e. The summed E-state index contributed by atoms with van der Waals surface area (Å²) in [5, 5.41) is 0. The van der Waals surface area contributed by atoms with Crippen molar-refractivity contribution in [3.05, 3.63) is 29.8 Å². The minimum Gasteiger partial charge on any atom is -0.483 e. The first-order chi connectivity index (χ1) is 7.80. The van der Waals surface area contributed by atoms with E-state index in [1.165, 1.54) is 0 Å². The van der Waals surface area contributed by atoms with Crippen LogP contribution in [0.15, 0.2) is 24.3 Å². The van der Waals surface area contributed by atoms with Crippen LogP contribution in [0.1, 0.15) is 36.5 Å². The predicted molar refractivity (Wildman–Crippen MR) is 61.8 cm³/mol. The van der Waals surface area contributed by atoms with Crippen molar-refractivity contribution in [3.63, 3.8) is 0 Å². The molecule has 0 aliphatic carbocycles. The molecule has 1 rings (SSSR count). The lowest BCUT2D eigenvalue weighted by Gasteiger charge is -2.12. The van der Waals surface area contributed by atoms with Crippen molar-refractivity contribution in [3.8, 4) is 5.75 Å². The molecule has 0 radical (unpaired) electrons. The van der Waals surface area contributed by atoms with E-state index in [9.17, 15) is 9.59 Å². The van der Waals surface area contributed by atoms with Gasteiger partial charge in [0.25, 0.3) is 0 Å². The summed E-state index contributed by atoms with van der Waals surface area (Å²) in [7, 11) is 0. The molecule has 86 valence electrons. The number of carbonyl (C=O) groups is 2. The second kappa shape index (κ2) is 6.77. The van der Waals surface area contributed by atoms with Crippen LogP contribution in [-0.2, 0) is 4.79 Å². The first-order valence-corrected chi connectivity index (χ1v) is 5.47. The van der Waals surface area contributed by atoms with E-state index in [2.05, 4.69) is 6.92 Å². The van der Waals surface area contributed by atoms with E-state index in [4.69, 9.17) is 4.74 Å². The van der Waals surface area contributed by atoms with Crippen LogP contribution in [0.2, 0.25) is 0 Å². The maximum Gasteiger partial charge on any atom is 0.160 e. The summed E-state index contributed by atoms with van der Waals surface area (Å²) < 4.78 is 5.48. The van der Waals surface area contributed by atoms with Gasteiger partial charge in [-0.05, 0) is 37.1 Å². The van der Waals surface area contributed by atoms with Crippen LogP contribution in [0.3, 0.4) is 0 Å². The predicted octanol–water partition coefficient (Wildman–Crippen LogP) is 2.64. The van der Waals surface area contributed by atoms with E-state index in [1.54, 1.807) is 24.3 Å². The summed E-state index contributed by atoms with van der Waals surface area (Å²) >= 11 is 0. The zero-order valence-electron chi connectivity index (χ0n) is 9.39. The Morgan fingerprint density at radius 2 is 1.94 bits per heavy atom. The number of carbonyl (C=O) groups excluding carboxylic acids is 2. The van der Waals surface area contributed by atoms with Crippen molar-refractivity contribution in [2.24, 2.45) is 0 Å². The van der Waals surface area contributed by atoms with Crippen molar-refractivity contribution in [2.75, 3.05) is 0 Å². The molecule has 0 saturated carbocycles. The normalized spacial score (nSPS) is 11.8. The smallest absolute Gasteiger partial charge is 0.160 e. The summed E-state index contributed by atoms with van der Waals surface area (Å²) in [5.41, 5.74) is 0.601. The van der Waals surface area contributed by atoms with E-state index in [-0.39, 0.29) is 6.10 Å². The Bertz CT molecular complexity index is 330. The van der Waals surface area contributed by atoms with Gasteiger partial charge >= 0.3 is 0 Å². The average molecular weight is 220 g/mol. The van der Waals surface area contributed by atoms with Crippen LogP contribution in [0.4, 0.5) is 0 Å². The first-order valence-electron chi connectivity index (χ1n) is 5.47. The lowest BCUT2D eigenvalue weighted by atomic mass is 10.2. The zero-order chi connectivity index (χ0) is 11.8. The molecular formula is C13H16O3. The van der Waals surface area contributed by atoms with Gasteiger partial charge in [0, 0.05) is 5.56 Å². The molecule has 0 amide bonds. The van der Waals surface area contributed by atoms with Gasteiger partial charge < -0.3 is 4.74 Å². The molecule has 3 heteroatoms. The monoisotopic (exact) mass is 220 g/mol. The highest BCUT2D eigenvalue weighted by atomic mass is 16.5. The highest BCUT2D eigenvalue weighted by molar-refractivity contribution is 5.74. The standard InChI is InChI=1S/C13H16O3/c1-2-3-4-13(10-15)16-12-7-5-11(9-14)6-8-12/h5-10,13H,2-4H2,1H3. The van der Waals surface area contributed by atoms with Crippen LogP contribution in [-0.4, -0.2) is 18.7 Å². The third kappa shape index (κ3) is 3.85. The molecule has 0 saturated heterocycles. The number of rotatable bonds is 7. The van der Waals surface area contributed by atoms with Crippen LogP contribution in [0.25, 0.3) is 0 Å². The minimum atomic E-state index is -0.387. The number of ether oxygens (including phenoxy) is 1. The van der Waals surface area contributed by atoms with E-state index < -0.39 is 0 Å². The Morgan fingerprint density at radius 3 is 2.44 bits per heavy atom. The maximum absolute atomic E-state index is 10.8. The number of hydrogen-bond acceptors (Lipinski definition) is 3. The minimum absolute atomic E-state index is 0.387. The molecule has 16 heavy (non-hydrogen) atoms. The summed E-state index contributed by atoms with van der Waals surface area (Å²) in [5.74, 6) is 0.624. The quantitative estimate of drug-likeness (QED) is 0.663. The van der Waals surface area contributed by atoms with Gasteiger partial charge in [0.2, 0.25) is 0 Å². The topological polar surface area (TPSA) is 43.4 Å². The molecule has 0 spiro atoms. The zero-order valence-corrected chi connectivity index (χ0v) is 9.39. The summed E-state index contributed by atoms with van der Waals surface area (Å²) in [6.07, 6.45) is 3.95. The fraction of sp³-hybridized carbons (Fsp3) is 0.385. The molecule has 1 aromatic rings. The number of aldehydes is 2. The molecule has 0 heterocycles. The number of benzene rings is 1. The van der Waals surface area contributed by atoms with Crippen LogP contribution >= 0.6 is 0 Å². The Kier molecular flexibility index (Phi) is 5.26. The maximum atomic E-state index is 10.8. The van der Waals surface area contributed by atoms with Crippen molar-refractivity contribution in [1.29, 1.82) is 0 Å². The van der Waals surface area contributed by atoms with Crippen LogP contribution < -0.4 is 4.74 Å². The van der Waals surface area contributed by atoms with Crippen molar-refractivity contribution < 1.29 is 14.3 Å². The first kappa shape index (κ1) is 12.4. The summed E-state index contributed by atoms with van der Waals surface area (Å²) in [6.45, 7) is 2.07. The Balaban J connectivity index is 2.55. The molecule has 0 N–H and O–H groups in total. The molecule has 3 nitrogen and oxygen atoms in total. The Labute approximate surface area is 95.4 Å². The fourth-order valence-corrected chi connectivity index (χ4v) is 1.36. The molecular weight excluding hydrogens is 204 g/mol. The third-order valence-electron chi connectivity index (χ3n) is 2.30. The summed E-state index contributed by atoms with van der Waals surface area (Å²) in [6, 6.07) is 6.74. The van der Waals surface area contributed by atoms with Crippen molar-refractivity contribution in [2.45, 2.75) is 32.3 Å². The lowest BCUT2D eigenvalue weighted by Crippen LogP contribution is -2.17. The molecule has 0 aromatic heterocycles. The molecule has 0 aliphatic heterocycles. The van der Waals surface area contributed by atoms with Gasteiger partial charge in [0.05, 0.1) is 0 Å². The Morgan fingerprint density at radius 1 is 1.25 bits per heavy atom. The SMILES string of the molecule is CCCCC(C=O)Oc1ccc(C=O)cc1.